The highest BCUT2D eigenvalue weighted by atomic mass is 16.5. The van der Waals surface area contributed by atoms with Crippen LogP contribution >= 0.6 is 0 Å². The Balaban J connectivity index is 2.68. The number of aryl methyl sites for hydroxylation is 1. The molecular weight excluding hydrogens is 156 g/mol. The van der Waals surface area contributed by atoms with Gasteiger partial charge in [0, 0.05) is 5.56 Å². The minimum absolute atomic E-state index is 0.185. The normalized spacial score (nSPS) is 14.2. The first-order valence-electron chi connectivity index (χ1n) is 3.68. The monoisotopic (exact) mass is 164 g/mol. The van der Waals surface area contributed by atoms with Crippen LogP contribution in [-0.4, -0.2) is 11.1 Å². The van der Waals surface area contributed by atoms with Crippen molar-refractivity contribution >= 4 is 5.97 Å². The fourth-order valence-electron chi connectivity index (χ4n) is 1.46. The number of aromatic hydroxyl groups is 1. The van der Waals surface area contributed by atoms with E-state index in [2.05, 4.69) is 0 Å². The number of carbonyl (C=O) groups is 1. The molecule has 1 aromatic rings. The molecule has 12 heavy (non-hydrogen) atoms. The van der Waals surface area contributed by atoms with E-state index in [0.29, 0.717) is 5.56 Å². The van der Waals surface area contributed by atoms with Gasteiger partial charge in [-0.3, -0.25) is 0 Å². The Hall–Kier alpha value is -1.51. The van der Waals surface area contributed by atoms with Crippen molar-refractivity contribution in [3.8, 4) is 5.75 Å². The number of phenolic OH excluding ortho intramolecular Hbond substituents is 1. The lowest BCUT2D eigenvalue weighted by molar-refractivity contribution is 0.0534. The maximum Gasteiger partial charge on any atom is 0.339 e. The number of rotatable bonds is 0. The minimum Gasteiger partial charge on any atom is -0.508 e. The molecule has 1 aliphatic heterocycles. The van der Waals surface area contributed by atoms with Gasteiger partial charge in [0.25, 0.3) is 0 Å². The number of carbonyl (C=O) groups excluding carboxylic acids is 1. The minimum atomic E-state index is -0.289. The molecule has 0 atom stereocenters. The number of cyclic esters (lactones) is 1. The molecule has 1 N–H and O–H groups in total. The Kier molecular flexibility index (Phi) is 1.33. The number of hydrogen-bond acceptors (Lipinski definition) is 3. The topological polar surface area (TPSA) is 46.5 Å². The lowest BCUT2D eigenvalue weighted by Gasteiger charge is -1.99. The Morgan fingerprint density at radius 2 is 2.25 bits per heavy atom. The van der Waals surface area contributed by atoms with Crippen LogP contribution in [0.1, 0.15) is 21.5 Å². The van der Waals surface area contributed by atoms with Gasteiger partial charge in [0.1, 0.15) is 12.4 Å². The van der Waals surface area contributed by atoms with E-state index in [1.54, 1.807) is 19.1 Å². The summed E-state index contributed by atoms with van der Waals surface area (Å²) in [7, 11) is 0. The van der Waals surface area contributed by atoms with E-state index in [1.165, 1.54) is 0 Å². The maximum absolute atomic E-state index is 11.1. The van der Waals surface area contributed by atoms with Crippen LogP contribution in [0, 0.1) is 6.92 Å². The van der Waals surface area contributed by atoms with Crippen molar-refractivity contribution in [3.63, 3.8) is 0 Å². The number of hydrogen-bond donors (Lipinski definition) is 1. The predicted molar refractivity (Wildman–Crippen MR) is 42.0 cm³/mol. The largest absolute Gasteiger partial charge is 0.508 e. The SMILES string of the molecule is Cc1cc(O)cc2c1C(=O)OC2. The van der Waals surface area contributed by atoms with Crippen LogP contribution in [0.25, 0.3) is 0 Å². The lowest BCUT2D eigenvalue weighted by atomic mass is 10.0. The zero-order valence-electron chi connectivity index (χ0n) is 6.63. The molecule has 1 aromatic carbocycles. The van der Waals surface area contributed by atoms with Gasteiger partial charge in [0.05, 0.1) is 5.56 Å². The van der Waals surface area contributed by atoms with Crippen LogP contribution in [0.5, 0.6) is 5.75 Å². The van der Waals surface area contributed by atoms with Gasteiger partial charge in [-0.05, 0) is 24.6 Å². The van der Waals surface area contributed by atoms with Gasteiger partial charge in [-0.15, -0.1) is 0 Å². The van der Waals surface area contributed by atoms with Crippen LogP contribution in [0.2, 0.25) is 0 Å². The second-order valence-electron chi connectivity index (χ2n) is 2.87. The molecule has 0 aliphatic carbocycles. The molecule has 0 radical (unpaired) electrons. The van der Waals surface area contributed by atoms with E-state index in [-0.39, 0.29) is 18.3 Å². The molecule has 3 heteroatoms. The quantitative estimate of drug-likeness (QED) is 0.589. The van der Waals surface area contributed by atoms with E-state index in [1.807, 2.05) is 0 Å². The van der Waals surface area contributed by atoms with Crippen LogP contribution in [0.15, 0.2) is 12.1 Å². The van der Waals surface area contributed by atoms with Crippen LogP contribution in [-0.2, 0) is 11.3 Å². The number of ether oxygens (including phenoxy) is 1. The number of benzene rings is 1. The smallest absolute Gasteiger partial charge is 0.339 e. The average molecular weight is 164 g/mol. The molecule has 62 valence electrons. The fourth-order valence-corrected chi connectivity index (χ4v) is 1.46. The third-order valence-corrected chi connectivity index (χ3v) is 1.96. The molecule has 1 heterocycles. The highest BCUT2D eigenvalue weighted by Gasteiger charge is 2.23. The molecule has 0 saturated heterocycles. The maximum atomic E-state index is 11.1. The van der Waals surface area contributed by atoms with Crippen LogP contribution in [0.3, 0.4) is 0 Å². The second-order valence-corrected chi connectivity index (χ2v) is 2.87. The van der Waals surface area contributed by atoms with Gasteiger partial charge < -0.3 is 9.84 Å². The van der Waals surface area contributed by atoms with E-state index < -0.39 is 0 Å². The van der Waals surface area contributed by atoms with E-state index in [9.17, 15) is 9.90 Å². The van der Waals surface area contributed by atoms with Gasteiger partial charge >= 0.3 is 5.97 Å². The Labute approximate surface area is 69.6 Å². The van der Waals surface area contributed by atoms with Crippen molar-refractivity contribution in [2.75, 3.05) is 0 Å². The molecule has 0 bridgehead atoms. The predicted octanol–water partition coefficient (Wildman–Crippen LogP) is 1.37. The van der Waals surface area contributed by atoms with Crippen molar-refractivity contribution in [1.82, 2.24) is 0 Å². The summed E-state index contributed by atoms with van der Waals surface area (Å²) in [6, 6.07) is 3.12. The molecule has 2 rings (SSSR count). The molecule has 0 fully saturated rings. The molecule has 0 saturated carbocycles. The molecule has 0 aromatic heterocycles. The zero-order valence-corrected chi connectivity index (χ0v) is 6.63. The molecule has 0 amide bonds. The molecular formula is C9H8O3. The van der Waals surface area contributed by atoms with E-state index >= 15 is 0 Å². The van der Waals surface area contributed by atoms with Crippen molar-refractivity contribution in [1.29, 1.82) is 0 Å². The molecule has 0 unspecified atom stereocenters. The molecule has 0 spiro atoms. The second kappa shape index (κ2) is 2.24. The summed E-state index contributed by atoms with van der Waals surface area (Å²) in [5.41, 5.74) is 2.15. The standard InChI is InChI=1S/C9H8O3/c1-5-2-7(10)3-6-4-12-9(11)8(5)6/h2-3,10H,4H2,1H3. The number of fused-ring (bicyclic) bond motifs is 1. The highest BCUT2D eigenvalue weighted by Crippen LogP contribution is 2.27. The van der Waals surface area contributed by atoms with E-state index in [4.69, 9.17) is 4.74 Å². The lowest BCUT2D eigenvalue weighted by Crippen LogP contribution is -1.96. The highest BCUT2D eigenvalue weighted by molar-refractivity contribution is 5.95. The molecule has 3 nitrogen and oxygen atoms in total. The summed E-state index contributed by atoms with van der Waals surface area (Å²) in [4.78, 5) is 11.1. The first-order chi connectivity index (χ1) is 5.68. The summed E-state index contributed by atoms with van der Waals surface area (Å²) in [6.07, 6.45) is 0. The number of esters is 1. The van der Waals surface area contributed by atoms with Crippen LogP contribution < -0.4 is 0 Å². The Morgan fingerprint density at radius 3 is 3.00 bits per heavy atom. The summed E-state index contributed by atoms with van der Waals surface area (Å²) >= 11 is 0. The van der Waals surface area contributed by atoms with Crippen molar-refractivity contribution < 1.29 is 14.6 Å². The average Bonchev–Trinajstić information content (AvgIpc) is 2.31. The van der Waals surface area contributed by atoms with Crippen molar-refractivity contribution in [2.45, 2.75) is 13.5 Å². The first kappa shape index (κ1) is 7.16. The summed E-state index contributed by atoms with van der Waals surface area (Å²) in [6.45, 7) is 2.06. The zero-order chi connectivity index (χ0) is 8.72. The third kappa shape index (κ3) is 0.863. The third-order valence-electron chi connectivity index (χ3n) is 1.96. The van der Waals surface area contributed by atoms with Gasteiger partial charge in [-0.1, -0.05) is 0 Å². The Bertz CT molecular complexity index is 355. The number of phenols is 1. The van der Waals surface area contributed by atoms with Gasteiger partial charge in [0.15, 0.2) is 0 Å². The van der Waals surface area contributed by atoms with E-state index in [0.717, 1.165) is 11.1 Å². The van der Waals surface area contributed by atoms with Gasteiger partial charge in [0.2, 0.25) is 0 Å². The Morgan fingerprint density at radius 1 is 1.50 bits per heavy atom. The van der Waals surface area contributed by atoms with Crippen molar-refractivity contribution in [2.24, 2.45) is 0 Å². The summed E-state index contributed by atoms with van der Waals surface area (Å²) < 4.78 is 4.81. The summed E-state index contributed by atoms with van der Waals surface area (Å²) in [5, 5.41) is 9.20. The van der Waals surface area contributed by atoms with Crippen molar-refractivity contribution in [3.05, 3.63) is 28.8 Å². The van der Waals surface area contributed by atoms with Gasteiger partial charge in [-0.2, -0.15) is 0 Å². The first-order valence-corrected chi connectivity index (χ1v) is 3.68. The van der Waals surface area contributed by atoms with Crippen LogP contribution in [0.4, 0.5) is 0 Å². The fraction of sp³-hybridized carbons (Fsp3) is 0.222. The van der Waals surface area contributed by atoms with Gasteiger partial charge in [-0.25, -0.2) is 4.79 Å². The summed E-state index contributed by atoms with van der Waals surface area (Å²) in [5.74, 6) is -0.105. The molecule has 1 aliphatic rings.